The summed E-state index contributed by atoms with van der Waals surface area (Å²) in [5.74, 6) is 0.382. The zero-order valence-corrected chi connectivity index (χ0v) is 15.2. The number of fused-ring (bicyclic) bond motifs is 1. The van der Waals surface area contributed by atoms with Gasteiger partial charge in [0.2, 0.25) is 0 Å². The number of thiophene rings is 1. The van der Waals surface area contributed by atoms with E-state index in [1.54, 1.807) is 24.0 Å². The van der Waals surface area contributed by atoms with E-state index in [1.807, 2.05) is 35.0 Å². The van der Waals surface area contributed by atoms with Crippen LogP contribution in [0.5, 0.6) is 5.75 Å². The number of para-hydroxylation sites is 1. The molecule has 0 spiro atoms. The zero-order chi connectivity index (χ0) is 17.4. The predicted molar refractivity (Wildman–Crippen MR) is 96.8 cm³/mol. The highest BCUT2D eigenvalue weighted by molar-refractivity contribution is 7.94. The maximum Gasteiger partial charge on any atom is 0.277 e. The first-order valence-electron chi connectivity index (χ1n) is 7.81. The van der Waals surface area contributed by atoms with Gasteiger partial charge in [0.1, 0.15) is 5.75 Å². The molecule has 6 nitrogen and oxygen atoms in total. The smallest absolute Gasteiger partial charge is 0.277 e. The number of nitrogens with zero attached hydrogens (tertiary/aromatic N) is 3. The summed E-state index contributed by atoms with van der Waals surface area (Å²) in [4.78, 5) is 4.09. The van der Waals surface area contributed by atoms with E-state index in [-0.39, 0.29) is 10.3 Å². The van der Waals surface area contributed by atoms with Gasteiger partial charge in [-0.1, -0.05) is 18.2 Å². The maximum atomic E-state index is 13.3. The Bertz CT molecular complexity index is 980. The lowest BCUT2D eigenvalue weighted by Crippen LogP contribution is -2.40. The first-order chi connectivity index (χ1) is 12.1. The number of hydrogen-bond donors (Lipinski definition) is 0. The van der Waals surface area contributed by atoms with Gasteiger partial charge < -0.3 is 9.30 Å². The first kappa shape index (κ1) is 16.2. The topological polar surface area (TPSA) is 64.4 Å². The van der Waals surface area contributed by atoms with Crippen LogP contribution in [0.25, 0.3) is 0 Å². The summed E-state index contributed by atoms with van der Waals surface area (Å²) < 4.78 is 35.6. The lowest BCUT2D eigenvalue weighted by atomic mass is 10.00. The number of methoxy groups -OCH3 is 1. The van der Waals surface area contributed by atoms with Gasteiger partial charge >= 0.3 is 0 Å². The van der Waals surface area contributed by atoms with Crippen LogP contribution in [0.15, 0.2) is 58.6 Å². The minimum atomic E-state index is -3.71. The molecule has 8 heteroatoms. The van der Waals surface area contributed by atoms with Crippen LogP contribution in [0.3, 0.4) is 0 Å². The van der Waals surface area contributed by atoms with Gasteiger partial charge in [0.05, 0.1) is 31.7 Å². The molecule has 0 saturated heterocycles. The lowest BCUT2D eigenvalue weighted by Gasteiger charge is -2.35. The van der Waals surface area contributed by atoms with Crippen molar-refractivity contribution in [2.75, 3.05) is 18.0 Å². The van der Waals surface area contributed by atoms with Crippen molar-refractivity contribution in [1.82, 2.24) is 9.55 Å². The second-order valence-corrected chi connectivity index (χ2v) is 8.78. The van der Waals surface area contributed by atoms with Gasteiger partial charge in [0, 0.05) is 12.4 Å². The van der Waals surface area contributed by atoms with Crippen molar-refractivity contribution >= 4 is 27.0 Å². The third-order valence-electron chi connectivity index (χ3n) is 4.38. The van der Waals surface area contributed by atoms with Crippen molar-refractivity contribution in [3.63, 3.8) is 0 Å². The number of aromatic nitrogens is 2. The molecule has 25 heavy (non-hydrogen) atoms. The quantitative estimate of drug-likeness (QED) is 0.703. The van der Waals surface area contributed by atoms with Crippen LogP contribution in [0, 0.1) is 0 Å². The lowest BCUT2D eigenvalue weighted by molar-refractivity contribution is 0.406. The molecule has 130 valence electrons. The van der Waals surface area contributed by atoms with Crippen LogP contribution in [0.4, 0.5) is 5.69 Å². The van der Waals surface area contributed by atoms with Crippen LogP contribution in [-0.2, 0) is 16.4 Å². The summed E-state index contributed by atoms with van der Waals surface area (Å²) >= 11 is 1.17. The summed E-state index contributed by atoms with van der Waals surface area (Å²) in [6.45, 7) is 0.358. The van der Waals surface area contributed by atoms with E-state index in [9.17, 15) is 8.42 Å². The van der Waals surface area contributed by atoms with Crippen molar-refractivity contribution in [1.29, 1.82) is 0 Å². The van der Waals surface area contributed by atoms with Crippen molar-refractivity contribution in [3.8, 4) is 5.75 Å². The molecule has 0 radical (unpaired) electrons. The van der Waals surface area contributed by atoms with Crippen molar-refractivity contribution < 1.29 is 13.2 Å². The Hall–Kier alpha value is -2.32. The molecule has 0 bridgehead atoms. The summed E-state index contributed by atoms with van der Waals surface area (Å²) in [5, 5.41) is 1.73. The number of ether oxygens (including phenoxy) is 1. The molecule has 0 aliphatic carbocycles. The average Bonchev–Trinajstić information content (AvgIpc) is 3.32. The van der Waals surface area contributed by atoms with E-state index in [0.29, 0.717) is 12.3 Å². The normalized spacial score (nSPS) is 17.3. The molecular weight excluding hydrogens is 358 g/mol. The standard InChI is InChI=1S/C17H17N3O3S2/c1-23-16-6-9-24-17(16)25(21,22)20-11-14(19-8-7-18-12-19)10-13-4-2-3-5-15(13)20/h2-9,12,14H,10-11H2,1H3. The fraction of sp³-hybridized carbons (Fsp3) is 0.235. The average molecular weight is 375 g/mol. The van der Waals surface area contributed by atoms with E-state index in [0.717, 1.165) is 17.7 Å². The molecule has 1 aromatic carbocycles. The maximum absolute atomic E-state index is 13.3. The van der Waals surface area contributed by atoms with Gasteiger partial charge in [-0.15, -0.1) is 11.3 Å². The Labute approximate surface area is 150 Å². The largest absolute Gasteiger partial charge is 0.494 e. The van der Waals surface area contributed by atoms with Crippen LogP contribution in [-0.4, -0.2) is 31.6 Å². The van der Waals surface area contributed by atoms with E-state index < -0.39 is 10.0 Å². The number of benzene rings is 1. The molecule has 1 atom stereocenters. The van der Waals surface area contributed by atoms with E-state index in [1.165, 1.54) is 22.8 Å². The van der Waals surface area contributed by atoms with Gasteiger partial charge in [-0.3, -0.25) is 4.31 Å². The fourth-order valence-electron chi connectivity index (χ4n) is 3.17. The van der Waals surface area contributed by atoms with Gasteiger partial charge in [0.15, 0.2) is 4.21 Å². The molecular formula is C17H17N3O3S2. The Balaban J connectivity index is 1.82. The Kier molecular flexibility index (Phi) is 4.01. The highest BCUT2D eigenvalue weighted by Crippen LogP contribution is 2.39. The summed E-state index contributed by atoms with van der Waals surface area (Å²) in [6.07, 6.45) is 6.08. The molecule has 0 amide bonds. The SMILES string of the molecule is COc1ccsc1S(=O)(=O)N1CC(n2ccnc2)Cc2ccccc21. The van der Waals surface area contributed by atoms with E-state index in [4.69, 9.17) is 4.74 Å². The number of anilines is 1. The molecule has 0 N–H and O–H groups in total. The van der Waals surface area contributed by atoms with Crippen molar-refractivity contribution in [2.24, 2.45) is 0 Å². The van der Waals surface area contributed by atoms with Crippen molar-refractivity contribution in [2.45, 2.75) is 16.7 Å². The Morgan fingerprint density at radius 1 is 1.28 bits per heavy atom. The molecule has 4 rings (SSSR count). The van der Waals surface area contributed by atoms with Gasteiger partial charge in [-0.05, 0) is 29.5 Å². The minimum Gasteiger partial charge on any atom is -0.494 e. The first-order valence-corrected chi connectivity index (χ1v) is 10.1. The number of imidazole rings is 1. The molecule has 3 aromatic rings. The molecule has 2 aromatic heterocycles. The zero-order valence-electron chi connectivity index (χ0n) is 13.6. The second kappa shape index (κ2) is 6.20. The Morgan fingerprint density at radius 3 is 2.88 bits per heavy atom. The minimum absolute atomic E-state index is 0.00173. The van der Waals surface area contributed by atoms with Gasteiger partial charge in [0.25, 0.3) is 10.0 Å². The molecule has 0 saturated carbocycles. The second-order valence-electron chi connectivity index (χ2n) is 5.81. The highest BCUT2D eigenvalue weighted by atomic mass is 32.2. The molecule has 3 heterocycles. The predicted octanol–water partition coefficient (Wildman–Crippen LogP) is 2.95. The molecule has 1 aliphatic heterocycles. The van der Waals surface area contributed by atoms with Crippen LogP contribution >= 0.6 is 11.3 Å². The van der Waals surface area contributed by atoms with E-state index in [2.05, 4.69) is 4.98 Å². The van der Waals surface area contributed by atoms with E-state index >= 15 is 0 Å². The molecule has 1 unspecified atom stereocenters. The Morgan fingerprint density at radius 2 is 2.12 bits per heavy atom. The third kappa shape index (κ3) is 2.71. The number of rotatable bonds is 4. The summed E-state index contributed by atoms with van der Waals surface area (Å²) in [5.41, 5.74) is 1.74. The van der Waals surface area contributed by atoms with Crippen molar-refractivity contribution in [3.05, 3.63) is 60.0 Å². The molecule has 1 aliphatic rings. The summed E-state index contributed by atoms with van der Waals surface area (Å²) in [6, 6.07) is 9.32. The molecule has 0 fully saturated rings. The van der Waals surface area contributed by atoms with Crippen LogP contribution in [0.1, 0.15) is 11.6 Å². The monoisotopic (exact) mass is 375 g/mol. The number of hydrogen-bond acceptors (Lipinski definition) is 5. The highest BCUT2D eigenvalue weighted by Gasteiger charge is 2.36. The summed E-state index contributed by atoms with van der Waals surface area (Å²) in [7, 11) is -2.22. The van der Waals surface area contributed by atoms with Gasteiger partial charge in [-0.25, -0.2) is 13.4 Å². The number of sulfonamides is 1. The van der Waals surface area contributed by atoms with Gasteiger partial charge in [-0.2, -0.15) is 0 Å². The van der Waals surface area contributed by atoms with Crippen LogP contribution in [0.2, 0.25) is 0 Å². The third-order valence-corrected chi connectivity index (χ3v) is 7.58. The van der Waals surface area contributed by atoms with Crippen LogP contribution < -0.4 is 9.04 Å². The fourth-order valence-corrected chi connectivity index (χ4v) is 6.09.